The Labute approximate surface area is 190 Å². The topological polar surface area (TPSA) is 111 Å². The third-order valence-corrected chi connectivity index (χ3v) is 5.93. The lowest BCUT2D eigenvalue weighted by atomic mass is 10.0. The van der Waals surface area contributed by atoms with Crippen molar-refractivity contribution in [2.45, 2.75) is 44.4 Å². The van der Waals surface area contributed by atoms with Gasteiger partial charge >= 0.3 is 6.18 Å². The van der Waals surface area contributed by atoms with Gasteiger partial charge < -0.3 is 20.5 Å². The number of amidine groups is 1. The number of para-hydroxylation sites is 1. The van der Waals surface area contributed by atoms with Crippen LogP contribution in [0.2, 0.25) is 0 Å². The maximum atomic E-state index is 13.2. The fourth-order valence-electron chi connectivity index (χ4n) is 4.08. The van der Waals surface area contributed by atoms with Crippen LogP contribution in [-0.2, 0) is 11.2 Å². The summed E-state index contributed by atoms with van der Waals surface area (Å²) >= 11 is 0. The minimum Gasteiger partial charge on any atom is -0.361 e. The zero-order valence-electron chi connectivity index (χ0n) is 18.7. The first-order valence-corrected chi connectivity index (χ1v) is 10.9. The van der Waals surface area contributed by atoms with Crippen LogP contribution in [0.5, 0.6) is 0 Å². The molecule has 0 radical (unpaired) electrons. The number of carbonyl (C=O) groups is 1. The first-order valence-electron chi connectivity index (χ1n) is 10.9. The molecule has 1 saturated heterocycles. The molecule has 0 saturated carbocycles. The van der Waals surface area contributed by atoms with Gasteiger partial charge in [-0.25, -0.2) is 0 Å². The molecule has 2 aromatic rings. The second-order valence-corrected chi connectivity index (χ2v) is 8.36. The zero-order valence-corrected chi connectivity index (χ0v) is 18.7. The number of fused-ring (bicyclic) bond motifs is 1. The Bertz CT molecular complexity index is 1000. The summed E-state index contributed by atoms with van der Waals surface area (Å²) in [4.78, 5) is 18.2. The molecule has 33 heavy (non-hydrogen) atoms. The maximum Gasteiger partial charge on any atom is 0.405 e. The predicted octanol–water partition coefficient (Wildman–Crippen LogP) is 2.68. The van der Waals surface area contributed by atoms with Crippen LogP contribution < -0.4 is 10.6 Å². The van der Waals surface area contributed by atoms with E-state index in [2.05, 4.69) is 15.6 Å². The van der Waals surface area contributed by atoms with Gasteiger partial charge in [0, 0.05) is 42.8 Å². The number of likely N-dealkylation sites (N-methyl/N-ethyl adjacent to an activating group) is 1. The number of nitrogens with zero attached hydrogens (tertiary/aromatic N) is 2. The van der Waals surface area contributed by atoms with E-state index in [0.29, 0.717) is 12.8 Å². The molecule has 1 aromatic carbocycles. The SMILES string of the molecule is CCCC(Cc1c[nH]c2ccccc12)NC(=O)C(=N)NC(=N)N1CCN(C)C(C(F)(F)F)C1. The number of benzene rings is 1. The molecule has 8 nitrogen and oxygen atoms in total. The molecule has 11 heteroatoms. The third-order valence-electron chi connectivity index (χ3n) is 5.93. The first-order chi connectivity index (χ1) is 15.6. The second-order valence-electron chi connectivity index (χ2n) is 8.36. The monoisotopic (exact) mass is 465 g/mol. The third kappa shape index (κ3) is 6.04. The molecule has 1 fully saturated rings. The Kier molecular flexibility index (Phi) is 7.62. The van der Waals surface area contributed by atoms with Crippen LogP contribution in [0.3, 0.4) is 0 Å². The highest BCUT2D eigenvalue weighted by atomic mass is 19.4. The van der Waals surface area contributed by atoms with Crippen LogP contribution in [0.1, 0.15) is 25.3 Å². The highest BCUT2D eigenvalue weighted by molar-refractivity contribution is 6.39. The van der Waals surface area contributed by atoms with E-state index in [4.69, 9.17) is 10.8 Å². The van der Waals surface area contributed by atoms with E-state index < -0.39 is 30.5 Å². The van der Waals surface area contributed by atoms with Crippen LogP contribution in [0.25, 0.3) is 10.9 Å². The minimum atomic E-state index is -4.42. The van der Waals surface area contributed by atoms with Gasteiger partial charge in [-0.15, -0.1) is 0 Å². The smallest absolute Gasteiger partial charge is 0.361 e. The minimum absolute atomic E-state index is 0.122. The van der Waals surface area contributed by atoms with E-state index in [9.17, 15) is 18.0 Å². The average Bonchev–Trinajstić information content (AvgIpc) is 3.16. The van der Waals surface area contributed by atoms with Crippen LogP contribution in [0.4, 0.5) is 13.2 Å². The maximum absolute atomic E-state index is 13.2. The number of aromatic amines is 1. The summed E-state index contributed by atoms with van der Waals surface area (Å²) in [6, 6.07) is 5.92. The number of hydrogen-bond acceptors (Lipinski definition) is 4. The molecule has 0 aliphatic carbocycles. The largest absolute Gasteiger partial charge is 0.405 e. The molecule has 3 rings (SSSR count). The number of rotatable bonds is 5. The summed E-state index contributed by atoms with van der Waals surface area (Å²) < 4.78 is 39.7. The number of piperazine rings is 1. The Morgan fingerprint density at radius 2 is 2.00 bits per heavy atom. The Morgan fingerprint density at radius 3 is 2.70 bits per heavy atom. The van der Waals surface area contributed by atoms with Crippen molar-refractivity contribution in [2.75, 3.05) is 26.7 Å². The van der Waals surface area contributed by atoms with E-state index >= 15 is 0 Å². The summed E-state index contributed by atoms with van der Waals surface area (Å²) in [5.74, 6) is -1.65. The zero-order chi connectivity index (χ0) is 24.2. The molecule has 1 aromatic heterocycles. The fraction of sp³-hybridized carbons (Fsp3) is 0.500. The van der Waals surface area contributed by atoms with Gasteiger partial charge in [-0.2, -0.15) is 13.2 Å². The van der Waals surface area contributed by atoms with E-state index in [0.717, 1.165) is 22.9 Å². The normalized spacial score (nSPS) is 18.2. The van der Waals surface area contributed by atoms with Crippen LogP contribution in [0, 0.1) is 10.8 Å². The summed E-state index contributed by atoms with van der Waals surface area (Å²) in [6.07, 6.45) is -0.427. The number of halogens is 3. The van der Waals surface area contributed by atoms with Crippen molar-refractivity contribution in [3.63, 3.8) is 0 Å². The van der Waals surface area contributed by atoms with Gasteiger partial charge in [0.05, 0.1) is 0 Å². The van der Waals surface area contributed by atoms with Crippen molar-refractivity contribution in [3.8, 4) is 0 Å². The van der Waals surface area contributed by atoms with Gasteiger partial charge in [-0.1, -0.05) is 31.5 Å². The number of hydrogen-bond donors (Lipinski definition) is 5. The molecule has 2 unspecified atom stereocenters. The highest BCUT2D eigenvalue weighted by Crippen LogP contribution is 2.26. The van der Waals surface area contributed by atoms with Gasteiger partial charge in [0.1, 0.15) is 6.04 Å². The van der Waals surface area contributed by atoms with Crippen LogP contribution in [0.15, 0.2) is 30.5 Å². The molecule has 1 amide bonds. The van der Waals surface area contributed by atoms with E-state index in [1.54, 1.807) is 0 Å². The molecule has 1 aliphatic rings. The molecule has 2 heterocycles. The summed E-state index contributed by atoms with van der Waals surface area (Å²) in [6.45, 7) is 1.89. The first kappa shape index (κ1) is 24.6. The molecular weight excluding hydrogens is 435 g/mol. The molecule has 180 valence electrons. The molecule has 0 bridgehead atoms. The van der Waals surface area contributed by atoms with Crippen LogP contribution >= 0.6 is 0 Å². The fourth-order valence-corrected chi connectivity index (χ4v) is 4.08. The van der Waals surface area contributed by atoms with Crippen molar-refractivity contribution in [2.24, 2.45) is 0 Å². The van der Waals surface area contributed by atoms with Gasteiger partial charge in [0.2, 0.25) is 0 Å². The van der Waals surface area contributed by atoms with E-state index in [1.165, 1.54) is 16.8 Å². The van der Waals surface area contributed by atoms with Gasteiger partial charge in [-0.05, 0) is 31.5 Å². The second kappa shape index (κ2) is 10.2. The summed E-state index contributed by atoms with van der Waals surface area (Å²) in [5.41, 5.74) is 2.05. The molecular formula is C22H30F3N7O. The van der Waals surface area contributed by atoms with Gasteiger partial charge in [0.25, 0.3) is 5.91 Å². The lowest BCUT2D eigenvalue weighted by Gasteiger charge is -2.40. The lowest BCUT2D eigenvalue weighted by Crippen LogP contribution is -2.61. The van der Waals surface area contributed by atoms with Crippen LogP contribution in [-0.4, -0.2) is 77.4 Å². The number of nitrogens with one attached hydrogen (secondary N) is 5. The number of guanidine groups is 1. The summed E-state index contributed by atoms with van der Waals surface area (Å²) in [7, 11) is 1.39. The van der Waals surface area contributed by atoms with Crippen molar-refractivity contribution >= 4 is 28.6 Å². The van der Waals surface area contributed by atoms with Crippen molar-refractivity contribution in [3.05, 3.63) is 36.0 Å². The van der Waals surface area contributed by atoms with E-state index in [-0.39, 0.29) is 25.1 Å². The lowest BCUT2D eigenvalue weighted by molar-refractivity contribution is -0.189. The molecule has 1 aliphatic heterocycles. The molecule has 2 atom stereocenters. The van der Waals surface area contributed by atoms with Crippen molar-refractivity contribution in [1.29, 1.82) is 10.8 Å². The number of carbonyl (C=O) groups excluding carboxylic acids is 1. The number of H-pyrrole nitrogens is 1. The Morgan fingerprint density at radius 1 is 1.27 bits per heavy atom. The summed E-state index contributed by atoms with van der Waals surface area (Å²) in [5, 5.41) is 22.4. The number of aromatic nitrogens is 1. The van der Waals surface area contributed by atoms with Gasteiger partial charge in [-0.3, -0.25) is 20.5 Å². The number of amides is 1. The van der Waals surface area contributed by atoms with Crippen molar-refractivity contribution in [1.82, 2.24) is 25.4 Å². The standard InChI is InChI=1S/C22H30F3N7O/c1-3-6-15(11-14-12-28-17-8-5-4-7-16(14)17)29-20(33)19(26)30-21(27)32-10-9-31(2)18(13-32)22(23,24)25/h4-5,7-8,12,15,18,28H,3,6,9-11,13H2,1-2H3,(H,29,33)(H3,26,27,30). The molecule has 0 spiro atoms. The van der Waals surface area contributed by atoms with Crippen molar-refractivity contribution < 1.29 is 18.0 Å². The number of alkyl halides is 3. The van der Waals surface area contributed by atoms with Gasteiger partial charge in [0.15, 0.2) is 11.8 Å². The quantitative estimate of drug-likeness (QED) is 0.345. The predicted molar refractivity (Wildman–Crippen MR) is 121 cm³/mol. The highest BCUT2D eigenvalue weighted by Gasteiger charge is 2.45. The molecule has 5 N–H and O–H groups in total. The Balaban J connectivity index is 1.59. The Hall–Kier alpha value is -3.08. The average molecular weight is 466 g/mol. The van der Waals surface area contributed by atoms with E-state index in [1.807, 2.05) is 37.4 Å².